The number of hydrogen-bond donors (Lipinski definition) is 3. The molecule has 0 saturated heterocycles. The Kier molecular flexibility index (Phi) is 7.71. The first-order valence-corrected chi connectivity index (χ1v) is 8.96. The second-order valence-electron chi connectivity index (χ2n) is 5.18. The average molecular weight is 436 g/mol. The molecule has 136 valence electrons. The van der Waals surface area contributed by atoms with E-state index in [1.807, 2.05) is 6.07 Å². The van der Waals surface area contributed by atoms with Crippen LogP contribution < -0.4 is 16.0 Å². The van der Waals surface area contributed by atoms with Crippen LogP contribution in [-0.4, -0.2) is 37.2 Å². The number of para-hydroxylation sites is 1. The van der Waals surface area contributed by atoms with Gasteiger partial charge < -0.3 is 15.4 Å². The Balaban J connectivity index is 2.04. The van der Waals surface area contributed by atoms with Crippen molar-refractivity contribution in [2.75, 3.05) is 25.6 Å². The molecule has 0 aliphatic carbocycles. The maximum atomic E-state index is 12.3. The maximum absolute atomic E-state index is 12.3. The lowest BCUT2D eigenvalue weighted by Crippen LogP contribution is -2.35. The Hall–Kier alpha value is -2.29. The number of amides is 2. The summed E-state index contributed by atoms with van der Waals surface area (Å²) in [6, 6.07) is 13.9. The van der Waals surface area contributed by atoms with Crippen molar-refractivity contribution in [3.8, 4) is 0 Å². The fourth-order valence-electron chi connectivity index (χ4n) is 2.12. The Morgan fingerprint density at radius 1 is 1.04 bits per heavy atom. The first-order chi connectivity index (χ1) is 12.5. The van der Waals surface area contributed by atoms with Crippen molar-refractivity contribution in [2.24, 2.45) is 0 Å². The third-order valence-electron chi connectivity index (χ3n) is 3.36. The van der Waals surface area contributed by atoms with Crippen molar-refractivity contribution >= 4 is 50.8 Å². The molecule has 2 aromatic carbocycles. The summed E-state index contributed by atoms with van der Waals surface area (Å²) in [7, 11) is 1.56. The number of anilines is 1. The highest BCUT2D eigenvalue weighted by Gasteiger charge is 2.14. The summed E-state index contributed by atoms with van der Waals surface area (Å²) in [6.07, 6.45) is 0. The van der Waals surface area contributed by atoms with Crippen LogP contribution in [0.3, 0.4) is 0 Å². The highest BCUT2D eigenvalue weighted by Crippen LogP contribution is 2.17. The van der Waals surface area contributed by atoms with Gasteiger partial charge in [-0.25, -0.2) is 0 Å². The zero-order valence-corrected chi connectivity index (χ0v) is 16.4. The molecule has 0 bridgehead atoms. The van der Waals surface area contributed by atoms with E-state index in [-0.39, 0.29) is 16.9 Å². The number of thiocarbonyl (C=S) groups is 1. The average Bonchev–Trinajstić information content (AvgIpc) is 2.62. The van der Waals surface area contributed by atoms with Gasteiger partial charge in [-0.05, 0) is 52.4 Å². The van der Waals surface area contributed by atoms with Gasteiger partial charge in [-0.1, -0.05) is 24.3 Å². The lowest BCUT2D eigenvalue weighted by molar-refractivity contribution is 0.0936. The third kappa shape index (κ3) is 5.62. The molecular weight excluding hydrogens is 418 g/mol. The quantitative estimate of drug-likeness (QED) is 0.480. The molecule has 26 heavy (non-hydrogen) atoms. The van der Waals surface area contributed by atoms with Crippen LogP contribution in [0.25, 0.3) is 0 Å². The number of carbonyl (C=O) groups is 2. The summed E-state index contributed by atoms with van der Waals surface area (Å²) >= 11 is 8.52. The molecule has 0 aromatic heterocycles. The highest BCUT2D eigenvalue weighted by molar-refractivity contribution is 9.10. The topological polar surface area (TPSA) is 79.5 Å². The number of rotatable bonds is 6. The minimum Gasteiger partial charge on any atom is -0.383 e. The van der Waals surface area contributed by atoms with Crippen LogP contribution in [0.1, 0.15) is 20.7 Å². The zero-order chi connectivity index (χ0) is 18.9. The predicted octanol–water partition coefficient (Wildman–Crippen LogP) is 2.95. The third-order valence-corrected chi connectivity index (χ3v) is 4.25. The van der Waals surface area contributed by atoms with Gasteiger partial charge in [0.1, 0.15) is 0 Å². The second-order valence-corrected chi connectivity index (χ2v) is 6.44. The van der Waals surface area contributed by atoms with Crippen LogP contribution in [0.4, 0.5) is 5.69 Å². The SMILES string of the molecule is COCCNC(=O)c1ccccc1NC(=S)NC(=O)c1ccccc1Br. The van der Waals surface area contributed by atoms with E-state index in [9.17, 15) is 9.59 Å². The van der Waals surface area contributed by atoms with E-state index in [1.54, 1.807) is 49.6 Å². The molecule has 8 heteroatoms. The molecule has 2 amide bonds. The number of nitrogens with one attached hydrogen (secondary N) is 3. The summed E-state index contributed by atoms with van der Waals surface area (Å²) in [4.78, 5) is 24.6. The molecule has 0 spiro atoms. The minimum absolute atomic E-state index is 0.0999. The van der Waals surface area contributed by atoms with Crippen LogP contribution in [0.2, 0.25) is 0 Å². The first kappa shape index (κ1) is 20.0. The minimum atomic E-state index is -0.350. The van der Waals surface area contributed by atoms with E-state index in [0.717, 1.165) is 0 Å². The van der Waals surface area contributed by atoms with Crippen LogP contribution in [0, 0.1) is 0 Å². The van der Waals surface area contributed by atoms with E-state index in [1.165, 1.54) is 0 Å². The Morgan fingerprint density at radius 3 is 2.38 bits per heavy atom. The molecule has 0 saturated carbocycles. The Labute approximate surface area is 165 Å². The normalized spacial score (nSPS) is 10.1. The first-order valence-electron chi connectivity index (χ1n) is 7.76. The van der Waals surface area contributed by atoms with Gasteiger partial charge in [0.05, 0.1) is 23.4 Å². The van der Waals surface area contributed by atoms with Crippen molar-refractivity contribution < 1.29 is 14.3 Å². The van der Waals surface area contributed by atoms with E-state index < -0.39 is 0 Å². The van der Waals surface area contributed by atoms with Crippen LogP contribution in [0.15, 0.2) is 53.0 Å². The standard InChI is InChI=1S/C18H18BrN3O3S/c1-25-11-10-20-16(23)13-7-3-5-9-15(13)21-18(26)22-17(24)12-6-2-4-8-14(12)19/h2-9H,10-11H2,1H3,(H,20,23)(H2,21,22,24,26). The fourth-order valence-corrected chi connectivity index (χ4v) is 2.79. The van der Waals surface area contributed by atoms with Gasteiger partial charge in [0.15, 0.2) is 5.11 Å². The molecule has 0 unspecified atom stereocenters. The Morgan fingerprint density at radius 2 is 1.69 bits per heavy atom. The summed E-state index contributed by atoms with van der Waals surface area (Å²) < 4.78 is 5.58. The van der Waals surface area contributed by atoms with Gasteiger partial charge in [-0.3, -0.25) is 14.9 Å². The lowest BCUT2D eigenvalue weighted by Gasteiger charge is -2.14. The Bertz CT molecular complexity index is 814. The summed E-state index contributed by atoms with van der Waals surface area (Å²) in [6.45, 7) is 0.814. The predicted molar refractivity (Wildman–Crippen MR) is 108 cm³/mol. The summed E-state index contributed by atoms with van der Waals surface area (Å²) in [5.41, 5.74) is 1.38. The lowest BCUT2D eigenvalue weighted by atomic mass is 10.1. The van der Waals surface area contributed by atoms with Crippen molar-refractivity contribution in [1.82, 2.24) is 10.6 Å². The molecule has 3 N–H and O–H groups in total. The smallest absolute Gasteiger partial charge is 0.258 e. The van der Waals surface area contributed by atoms with Crippen LogP contribution in [0.5, 0.6) is 0 Å². The number of halogens is 1. The molecule has 0 radical (unpaired) electrons. The van der Waals surface area contributed by atoms with Gasteiger partial charge in [-0.2, -0.15) is 0 Å². The zero-order valence-electron chi connectivity index (χ0n) is 14.0. The molecule has 6 nitrogen and oxygen atoms in total. The fraction of sp³-hybridized carbons (Fsp3) is 0.167. The number of carbonyl (C=O) groups excluding carboxylic acids is 2. The molecule has 0 atom stereocenters. The molecule has 2 aromatic rings. The van der Waals surface area contributed by atoms with Gasteiger partial charge in [0, 0.05) is 18.1 Å². The summed E-state index contributed by atoms with van der Waals surface area (Å²) in [5.74, 6) is -0.609. The van der Waals surface area contributed by atoms with Crippen LogP contribution >= 0.6 is 28.1 Å². The van der Waals surface area contributed by atoms with Crippen molar-refractivity contribution in [3.63, 3.8) is 0 Å². The molecule has 0 heterocycles. The highest BCUT2D eigenvalue weighted by atomic mass is 79.9. The van der Waals surface area contributed by atoms with E-state index in [4.69, 9.17) is 17.0 Å². The van der Waals surface area contributed by atoms with Gasteiger partial charge >= 0.3 is 0 Å². The molecule has 2 rings (SSSR count). The second kappa shape index (κ2) is 10.0. The molecule has 0 fully saturated rings. The number of methoxy groups -OCH3 is 1. The number of ether oxygens (including phenoxy) is 1. The van der Waals surface area contributed by atoms with Crippen LogP contribution in [-0.2, 0) is 4.74 Å². The van der Waals surface area contributed by atoms with Crippen molar-refractivity contribution in [3.05, 3.63) is 64.1 Å². The molecule has 0 aliphatic rings. The number of benzene rings is 2. The van der Waals surface area contributed by atoms with Gasteiger partial charge in [0.2, 0.25) is 0 Å². The summed E-state index contributed by atoms with van der Waals surface area (Å²) in [5, 5.41) is 8.34. The van der Waals surface area contributed by atoms with E-state index in [2.05, 4.69) is 31.9 Å². The monoisotopic (exact) mass is 435 g/mol. The van der Waals surface area contributed by atoms with Crippen molar-refractivity contribution in [2.45, 2.75) is 0 Å². The van der Waals surface area contributed by atoms with Gasteiger partial charge in [0.25, 0.3) is 11.8 Å². The largest absolute Gasteiger partial charge is 0.383 e. The maximum Gasteiger partial charge on any atom is 0.258 e. The molecule has 0 aliphatic heterocycles. The van der Waals surface area contributed by atoms with E-state index in [0.29, 0.717) is 34.4 Å². The number of hydrogen-bond acceptors (Lipinski definition) is 4. The van der Waals surface area contributed by atoms with Crippen molar-refractivity contribution in [1.29, 1.82) is 0 Å². The molecular formula is C18H18BrN3O3S. The van der Waals surface area contributed by atoms with Gasteiger partial charge in [-0.15, -0.1) is 0 Å². The van der Waals surface area contributed by atoms with E-state index >= 15 is 0 Å².